The first-order valence-electron chi connectivity index (χ1n) is 5.90. The molecule has 0 spiro atoms. The Morgan fingerprint density at radius 1 is 1.47 bits per heavy atom. The van der Waals surface area contributed by atoms with Crippen molar-refractivity contribution >= 4 is 36.3 Å². The Hall–Kier alpha value is -0.660. The molecular weight excluding hydrogens is 286 g/mol. The highest BCUT2D eigenvalue weighted by Gasteiger charge is 2.08. The van der Waals surface area contributed by atoms with Crippen molar-refractivity contribution in [2.24, 2.45) is 0 Å². The number of nitrogens with one attached hydrogen (secondary N) is 1. The number of aliphatic hydroxyl groups is 1. The Balaban J connectivity index is 0. The maximum Gasteiger partial charge on any atom is 0.322 e. The van der Waals surface area contributed by atoms with E-state index < -0.39 is 24.5 Å². The molecule has 0 aromatic heterocycles. The van der Waals surface area contributed by atoms with Crippen molar-refractivity contribution in [1.82, 2.24) is 5.32 Å². The maximum atomic E-state index is 11.0. The fraction of sp³-hybridized carbons (Fsp3) is 0.667. The highest BCUT2D eigenvalue weighted by atomic mass is 32.2. The summed E-state index contributed by atoms with van der Waals surface area (Å²) in [7, 11) is 0. The molecule has 112 valence electrons. The van der Waals surface area contributed by atoms with Crippen LogP contribution in [-0.2, 0) is 9.59 Å². The lowest BCUT2D eigenvalue weighted by Gasteiger charge is -2.05. The van der Waals surface area contributed by atoms with Crippen LogP contribution in [0, 0.1) is 0 Å². The lowest BCUT2D eigenvalue weighted by Crippen LogP contribution is -2.31. The molecular formula is C12H23NO4S2. The Morgan fingerprint density at radius 2 is 2.05 bits per heavy atom. The van der Waals surface area contributed by atoms with Crippen molar-refractivity contribution in [2.75, 3.05) is 24.3 Å². The van der Waals surface area contributed by atoms with Gasteiger partial charge in [0.15, 0.2) is 0 Å². The zero-order valence-corrected chi connectivity index (χ0v) is 13.0. The third-order valence-corrected chi connectivity index (χ3v) is 2.61. The van der Waals surface area contributed by atoms with Crippen LogP contribution in [0.3, 0.4) is 0 Å². The van der Waals surface area contributed by atoms with Gasteiger partial charge in [0.25, 0.3) is 0 Å². The molecule has 0 aliphatic rings. The molecule has 1 atom stereocenters. The van der Waals surface area contributed by atoms with Crippen LogP contribution in [0.15, 0.2) is 12.2 Å². The molecule has 0 aliphatic heterocycles. The maximum absolute atomic E-state index is 11.0. The van der Waals surface area contributed by atoms with Crippen molar-refractivity contribution < 1.29 is 19.8 Å². The SMILES string of the molecule is CCSC.O=C(O)CNC(=O)CC(O)/C=C/CCS. The molecule has 0 heterocycles. The van der Waals surface area contributed by atoms with Gasteiger partial charge >= 0.3 is 5.97 Å². The summed E-state index contributed by atoms with van der Waals surface area (Å²) in [5.41, 5.74) is 0. The first-order chi connectivity index (χ1) is 8.97. The highest BCUT2D eigenvalue weighted by molar-refractivity contribution is 7.98. The number of allylic oxidation sites excluding steroid dienone is 1. The largest absolute Gasteiger partial charge is 0.480 e. The molecule has 0 bridgehead atoms. The van der Waals surface area contributed by atoms with Crippen LogP contribution >= 0.6 is 24.4 Å². The normalized spacial score (nSPS) is 11.6. The minimum atomic E-state index is -1.11. The molecule has 0 saturated heterocycles. The summed E-state index contributed by atoms with van der Waals surface area (Å²) in [6, 6.07) is 0. The molecule has 1 amide bonds. The summed E-state index contributed by atoms with van der Waals surface area (Å²) in [5.74, 6) is 0.318. The smallest absolute Gasteiger partial charge is 0.322 e. The summed E-state index contributed by atoms with van der Waals surface area (Å²) in [6.07, 6.45) is 5.03. The van der Waals surface area contributed by atoms with Crippen LogP contribution < -0.4 is 5.32 Å². The molecule has 0 radical (unpaired) electrons. The lowest BCUT2D eigenvalue weighted by atomic mass is 10.2. The van der Waals surface area contributed by atoms with Gasteiger partial charge in [0.05, 0.1) is 12.5 Å². The summed E-state index contributed by atoms with van der Waals surface area (Å²) >= 11 is 5.83. The molecule has 3 N–H and O–H groups in total. The number of carboxylic acid groups (broad SMARTS) is 1. The van der Waals surface area contributed by atoms with E-state index in [1.165, 1.54) is 11.8 Å². The monoisotopic (exact) mass is 309 g/mol. The number of amides is 1. The summed E-state index contributed by atoms with van der Waals surface area (Å²) in [5, 5.41) is 19.7. The Morgan fingerprint density at radius 3 is 2.47 bits per heavy atom. The number of carbonyl (C=O) groups is 2. The average molecular weight is 309 g/mol. The zero-order valence-electron chi connectivity index (χ0n) is 11.3. The fourth-order valence-corrected chi connectivity index (χ4v) is 0.981. The molecule has 0 aromatic rings. The van der Waals surface area contributed by atoms with E-state index in [0.717, 1.165) is 6.42 Å². The Kier molecular flexibility index (Phi) is 16.7. The molecule has 0 rings (SSSR count). The third-order valence-electron chi connectivity index (χ3n) is 1.77. The Labute approximate surface area is 124 Å². The van der Waals surface area contributed by atoms with Crippen molar-refractivity contribution in [3.63, 3.8) is 0 Å². The molecule has 0 aliphatic carbocycles. The van der Waals surface area contributed by atoms with E-state index in [1.54, 1.807) is 6.08 Å². The molecule has 0 aromatic carbocycles. The van der Waals surface area contributed by atoms with Crippen molar-refractivity contribution in [3.8, 4) is 0 Å². The summed E-state index contributed by atoms with van der Waals surface area (Å²) in [6.45, 7) is 1.72. The van der Waals surface area contributed by atoms with Gasteiger partial charge < -0.3 is 15.5 Å². The number of aliphatic hydroxyl groups excluding tert-OH is 1. The minimum Gasteiger partial charge on any atom is -0.480 e. The van der Waals surface area contributed by atoms with Crippen LogP contribution in [0.5, 0.6) is 0 Å². The van der Waals surface area contributed by atoms with E-state index in [0.29, 0.717) is 5.75 Å². The first kappa shape index (κ1) is 20.7. The number of aliphatic carboxylic acids is 1. The topological polar surface area (TPSA) is 86.6 Å². The molecule has 5 nitrogen and oxygen atoms in total. The third kappa shape index (κ3) is 19.8. The second-order valence-corrected chi connectivity index (χ2v) is 5.06. The van der Waals surface area contributed by atoms with E-state index >= 15 is 0 Å². The van der Waals surface area contributed by atoms with Gasteiger partial charge in [-0.1, -0.05) is 19.1 Å². The van der Waals surface area contributed by atoms with Crippen LogP contribution in [0.1, 0.15) is 19.8 Å². The number of rotatable bonds is 8. The van der Waals surface area contributed by atoms with Gasteiger partial charge in [-0.3, -0.25) is 9.59 Å². The standard InChI is InChI=1S/C9H15NO4S.C3H8S/c11-7(3-1-2-4-15)5-8(12)10-6-9(13)14;1-3-4-2/h1,3,7,11,15H,2,4-6H2,(H,10,12)(H,13,14);3H2,1-2H3/b3-1+;. The molecule has 7 heteroatoms. The van der Waals surface area contributed by atoms with Crippen LogP contribution in [-0.4, -0.2) is 52.5 Å². The van der Waals surface area contributed by atoms with E-state index in [1.807, 2.05) is 11.8 Å². The van der Waals surface area contributed by atoms with Gasteiger partial charge in [-0.25, -0.2) is 0 Å². The molecule has 19 heavy (non-hydrogen) atoms. The number of thioether (sulfide) groups is 1. The Bertz CT molecular complexity index is 270. The lowest BCUT2D eigenvalue weighted by molar-refractivity contribution is -0.138. The second-order valence-electron chi connectivity index (χ2n) is 3.46. The van der Waals surface area contributed by atoms with E-state index in [4.69, 9.17) is 5.11 Å². The van der Waals surface area contributed by atoms with E-state index in [9.17, 15) is 14.7 Å². The average Bonchev–Trinajstić information content (AvgIpc) is 2.37. The molecule has 0 saturated carbocycles. The number of hydrogen-bond donors (Lipinski definition) is 4. The van der Waals surface area contributed by atoms with Crippen molar-refractivity contribution in [2.45, 2.75) is 25.9 Å². The molecule has 1 unspecified atom stereocenters. The van der Waals surface area contributed by atoms with Gasteiger partial charge in [-0.2, -0.15) is 24.4 Å². The fourth-order valence-electron chi connectivity index (χ4n) is 0.832. The van der Waals surface area contributed by atoms with Gasteiger partial charge in [-0.05, 0) is 24.2 Å². The first-order valence-corrected chi connectivity index (χ1v) is 7.93. The number of thiol groups is 1. The quantitative estimate of drug-likeness (QED) is 0.400. The number of carboxylic acids is 1. The zero-order chi connectivity index (χ0) is 15.1. The molecule has 0 fully saturated rings. The summed E-state index contributed by atoms with van der Waals surface area (Å²) < 4.78 is 0. The van der Waals surface area contributed by atoms with Crippen LogP contribution in [0.25, 0.3) is 0 Å². The van der Waals surface area contributed by atoms with E-state index in [-0.39, 0.29) is 6.42 Å². The second kappa shape index (κ2) is 15.4. The van der Waals surface area contributed by atoms with Gasteiger partial charge in [0.2, 0.25) is 5.91 Å². The van der Waals surface area contributed by atoms with Crippen LogP contribution in [0.2, 0.25) is 0 Å². The number of carbonyl (C=O) groups excluding carboxylic acids is 1. The van der Waals surface area contributed by atoms with Gasteiger partial charge in [0.1, 0.15) is 6.54 Å². The van der Waals surface area contributed by atoms with Gasteiger partial charge in [0, 0.05) is 0 Å². The van der Waals surface area contributed by atoms with E-state index in [2.05, 4.69) is 31.1 Å². The number of hydrogen-bond acceptors (Lipinski definition) is 5. The minimum absolute atomic E-state index is 0.129. The van der Waals surface area contributed by atoms with Crippen molar-refractivity contribution in [3.05, 3.63) is 12.2 Å². The van der Waals surface area contributed by atoms with Crippen molar-refractivity contribution in [1.29, 1.82) is 0 Å². The predicted octanol–water partition coefficient (Wildman–Crippen LogP) is 1.18. The summed E-state index contributed by atoms with van der Waals surface area (Å²) in [4.78, 5) is 21.1. The predicted molar refractivity (Wildman–Crippen MR) is 82.9 cm³/mol. The van der Waals surface area contributed by atoms with Crippen LogP contribution in [0.4, 0.5) is 0 Å². The highest BCUT2D eigenvalue weighted by Crippen LogP contribution is 1.96. The van der Waals surface area contributed by atoms with Gasteiger partial charge in [-0.15, -0.1) is 0 Å².